The van der Waals surface area contributed by atoms with Crippen LogP contribution in [0.5, 0.6) is 0 Å². The van der Waals surface area contributed by atoms with Crippen molar-refractivity contribution in [3.63, 3.8) is 0 Å². The van der Waals surface area contributed by atoms with E-state index in [-0.39, 0.29) is 15.8 Å². The van der Waals surface area contributed by atoms with Gasteiger partial charge in [0.15, 0.2) is 5.82 Å². The monoisotopic (exact) mass is 679 g/mol. The van der Waals surface area contributed by atoms with Gasteiger partial charge in [-0.1, -0.05) is 87.9 Å². The molecular weight excluding hydrogens is 634 g/mol. The van der Waals surface area contributed by atoms with E-state index in [9.17, 15) is 8.42 Å². The predicted molar refractivity (Wildman–Crippen MR) is 183 cm³/mol. The normalized spacial score (nSPS) is 13.0. The molecule has 0 fully saturated rings. The first kappa shape index (κ1) is 37.7. The van der Waals surface area contributed by atoms with Crippen molar-refractivity contribution in [1.82, 2.24) is 19.4 Å². The maximum Gasteiger partial charge on any atom is 0.244 e. The van der Waals surface area contributed by atoms with Crippen molar-refractivity contribution >= 4 is 49.1 Å². The number of aromatic nitrogens is 2. The minimum absolute atomic E-state index is 0.189. The van der Waals surface area contributed by atoms with E-state index >= 15 is 0 Å². The topological polar surface area (TPSA) is 79.6 Å². The molecule has 232 valence electrons. The fraction of sp³-hybridized carbons (Fsp3) is 0.438. The van der Waals surface area contributed by atoms with Crippen molar-refractivity contribution in [2.24, 2.45) is 10.9 Å². The lowest BCUT2D eigenvalue weighted by Crippen LogP contribution is -2.34. The molecule has 42 heavy (non-hydrogen) atoms. The van der Waals surface area contributed by atoms with E-state index in [4.69, 9.17) is 16.6 Å². The first-order valence-corrected chi connectivity index (χ1v) is 16.9. The Morgan fingerprint density at radius 2 is 1.98 bits per heavy atom. The summed E-state index contributed by atoms with van der Waals surface area (Å²) in [5, 5.41) is 8.15. The van der Waals surface area contributed by atoms with Gasteiger partial charge < -0.3 is 0 Å². The molecule has 2 rings (SSSR count). The van der Waals surface area contributed by atoms with Crippen LogP contribution in [0.1, 0.15) is 60.5 Å². The average molecular weight is 681 g/mol. The van der Waals surface area contributed by atoms with Crippen LogP contribution in [-0.4, -0.2) is 47.8 Å². The standard InChI is InChI=1S/C30H41BrClN5O2S.C2H6/c1-8-11-12-15-25(22(4)5)28(9-2)35-30-26(31)20-34-37(30)21-33-19-23(6)17-18-36(10-3)40(38,39)29-24(7)14-13-16-27(29)32;1-2/h8-9,11-16,20,23,33H,2,10,17-19,21H2,1,3-7H3;1-2H3/b11-8-,15-12-,35-28+;. The molecule has 0 bridgehead atoms. The largest absolute Gasteiger partial charge is 0.298 e. The second-order valence-corrected chi connectivity index (χ2v) is 12.8. The van der Waals surface area contributed by atoms with Gasteiger partial charge in [0, 0.05) is 13.1 Å². The summed E-state index contributed by atoms with van der Waals surface area (Å²) in [4.78, 5) is 5.06. The SMILES string of the molecule is C=C/C(=N\c1c(Br)cnn1CNCC(C)CCN(CC)S(=O)(=O)c1c(C)cccc1Cl)C(/C=C\C=C/C)=C(C)C.CC. The zero-order chi connectivity index (χ0) is 31.9. The van der Waals surface area contributed by atoms with Crippen LogP contribution in [0.25, 0.3) is 0 Å². The molecule has 1 aromatic heterocycles. The van der Waals surface area contributed by atoms with Gasteiger partial charge in [-0.3, -0.25) is 5.32 Å². The van der Waals surface area contributed by atoms with Crippen LogP contribution in [0, 0.1) is 12.8 Å². The van der Waals surface area contributed by atoms with E-state index in [1.54, 1.807) is 42.1 Å². The number of halogens is 2. The molecule has 0 aliphatic heterocycles. The quantitative estimate of drug-likeness (QED) is 0.151. The Bertz CT molecular complexity index is 1370. The van der Waals surface area contributed by atoms with Gasteiger partial charge in [-0.05, 0) is 85.8 Å². The smallest absolute Gasteiger partial charge is 0.244 e. The second kappa shape index (κ2) is 19.1. The Hall–Kier alpha value is -2.30. The highest BCUT2D eigenvalue weighted by Crippen LogP contribution is 2.29. The number of benzene rings is 1. The zero-order valence-corrected chi connectivity index (χ0v) is 29.4. The fourth-order valence-corrected chi connectivity index (χ4v) is 6.72. The molecular formula is C32H47BrClN5O2S. The molecule has 1 aromatic carbocycles. The Kier molecular flexibility index (Phi) is 17.1. The maximum absolute atomic E-state index is 13.3. The van der Waals surface area contributed by atoms with Gasteiger partial charge in [-0.25, -0.2) is 18.1 Å². The van der Waals surface area contributed by atoms with Crippen molar-refractivity contribution in [3.05, 3.63) is 87.6 Å². The first-order chi connectivity index (χ1) is 20.0. The minimum Gasteiger partial charge on any atom is -0.298 e. The van der Waals surface area contributed by atoms with Crippen LogP contribution in [0.2, 0.25) is 5.02 Å². The molecule has 2 aromatic rings. The third-order valence-corrected chi connectivity index (χ3v) is 9.47. The molecule has 0 saturated carbocycles. The molecule has 0 saturated heterocycles. The van der Waals surface area contributed by atoms with E-state index in [1.807, 2.05) is 65.8 Å². The number of nitrogens with zero attached hydrogens (tertiary/aromatic N) is 4. The fourth-order valence-electron chi connectivity index (χ4n) is 4.09. The Labute approximate surface area is 267 Å². The summed E-state index contributed by atoms with van der Waals surface area (Å²) in [6.45, 7) is 21.7. The summed E-state index contributed by atoms with van der Waals surface area (Å²) in [5.41, 5.74) is 3.53. The predicted octanol–water partition coefficient (Wildman–Crippen LogP) is 8.64. The van der Waals surface area contributed by atoms with E-state index in [2.05, 4.69) is 39.8 Å². The van der Waals surface area contributed by atoms with Crippen LogP contribution in [0.4, 0.5) is 5.82 Å². The molecule has 1 unspecified atom stereocenters. The number of hydrogen-bond donors (Lipinski definition) is 1. The molecule has 0 radical (unpaired) electrons. The van der Waals surface area contributed by atoms with Gasteiger partial charge in [-0.2, -0.15) is 9.40 Å². The highest BCUT2D eigenvalue weighted by atomic mass is 79.9. The van der Waals surface area contributed by atoms with Crippen LogP contribution in [0.15, 0.2) is 86.9 Å². The zero-order valence-electron chi connectivity index (χ0n) is 26.3. The summed E-state index contributed by atoms with van der Waals surface area (Å²) in [6, 6.07) is 5.15. The number of aliphatic imine (C=N–C) groups is 1. The van der Waals surface area contributed by atoms with Crippen LogP contribution in [0.3, 0.4) is 0 Å². The van der Waals surface area contributed by atoms with Gasteiger partial charge in [-0.15, -0.1) is 0 Å². The van der Waals surface area contributed by atoms with Crippen molar-refractivity contribution in [1.29, 1.82) is 0 Å². The van der Waals surface area contributed by atoms with Crippen molar-refractivity contribution in [3.8, 4) is 0 Å². The minimum atomic E-state index is -3.68. The van der Waals surface area contributed by atoms with Crippen LogP contribution >= 0.6 is 27.5 Å². The second-order valence-electron chi connectivity index (χ2n) is 9.70. The molecule has 1 atom stereocenters. The van der Waals surface area contributed by atoms with Crippen molar-refractivity contribution in [2.45, 2.75) is 73.4 Å². The number of nitrogens with one attached hydrogen (secondary N) is 1. The Morgan fingerprint density at radius 1 is 1.29 bits per heavy atom. The highest BCUT2D eigenvalue weighted by molar-refractivity contribution is 9.10. The summed E-state index contributed by atoms with van der Waals surface area (Å²) >= 11 is 9.84. The molecule has 1 heterocycles. The van der Waals surface area contributed by atoms with Crippen LogP contribution < -0.4 is 5.32 Å². The maximum atomic E-state index is 13.3. The van der Waals surface area contributed by atoms with Gasteiger partial charge >= 0.3 is 0 Å². The average Bonchev–Trinajstić information content (AvgIpc) is 3.29. The lowest BCUT2D eigenvalue weighted by atomic mass is 10.0. The first-order valence-electron chi connectivity index (χ1n) is 14.3. The van der Waals surface area contributed by atoms with Crippen LogP contribution in [-0.2, 0) is 16.7 Å². The Balaban J connectivity index is 0.00000431. The van der Waals surface area contributed by atoms with E-state index in [0.29, 0.717) is 44.1 Å². The number of sulfonamides is 1. The molecule has 0 aliphatic rings. The third-order valence-electron chi connectivity index (χ3n) is 6.31. The molecule has 7 nitrogen and oxygen atoms in total. The molecule has 0 spiro atoms. The number of hydrogen-bond acceptors (Lipinski definition) is 5. The number of allylic oxidation sites excluding steroid dienone is 7. The van der Waals surface area contributed by atoms with Gasteiger partial charge in [0.1, 0.15) is 4.90 Å². The molecule has 0 amide bonds. The molecule has 0 aliphatic carbocycles. The van der Waals surface area contributed by atoms with Gasteiger partial charge in [0.05, 0.1) is 28.1 Å². The third kappa shape index (κ3) is 10.8. The van der Waals surface area contributed by atoms with Gasteiger partial charge in [0.25, 0.3) is 0 Å². The summed E-state index contributed by atoms with van der Waals surface area (Å²) in [5.74, 6) is 0.909. The Morgan fingerprint density at radius 3 is 2.55 bits per heavy atom. The highest BCUT2D eigenvalue weighted by Gasteiger charge is 2.27. The van der Waals surface area contributed by atoms with E-state index in [0.717, 1.165) is 21.3 Å². The van der Waals surface area contributed by atoms with Crippen molar-refractivity contribution in [2.75, 3.05) is 19.6 Å². The van der Waals surface area contributed by atoms with Gasteiger partial charge in [0.2, 0.25) is 10.0 Å². The summed E-state index contributed by atoms with van der Waals surface area (Å²) in [6.07, 6.45) is 12.1. The summed E-state index contributed by atoms with van der Waals surface area (Å²) in [7, 11) is -3.68. The lowest BCUT2D eigenvalue weighted by Gasteiger charge is -2.24. The van der Waals surface area contributed by atoms with Crippen molar-refractivity contribution < 1.29 is 8.42 Å². The van der Waals surface area contributed by atoms with E-state index in [1.165, 1.54) is 4.31 Å². The number of rotatable bonds is 15. The molecule has 1 N–H and O–H groups in total. The molecule has 10 heteroatoms. The number of aryl methyl sites for hydroxylation is 1. The van der Waals surface area contributed by atoms with E-state index < -0.39 is 10.0 Å². The summed E-state index contributed by atoms with van der Waals surface area (Å²) < 4.78 is 30.7. The lowest BCUT2D eigenvalue weighted by molar-refractivity contribution is 0.365.